The number of hydrogen-bond acceptors (Lipinski definition) is 8. The summed E-state index contributed by atoms with van der Waals surface area (Å²) in [6, 6.07) is 11.6. The summed E-state index contributed by atoms with van der Waals surface area (Å²) in [7, 11) is -0.373. The summed E-state index contributed by atoms with van der Waals surface area (Å²) in [6.45, 7) is 8.16. The minimum Gasteiger partial charge on any atom is -0.399 e. The average molecular weight is 495 g/mol. The van der Waals surface area contributed by atoms with Gasteiger partial charge in [-0.05, 0) is 57.4 Å². The molecule has 0 unspecified atom stereocenters. The molecule has 4 aromatic rings. The van der Waals surface area contributed by atoms with Gasteiger partial charge in [-0.2, -0.15) is 0 Å². The first-order valence-electron chi connectivity index (χ1n) is 10.1. The van der Waals surface area contributed by atoms with Gasteiger partial charge >= 0.3 is 7.12 Å². The highest BCUT2D eigenvalue weighted by Crippen LogP contribution is 2.36. The number of aromatic nitrogens is 4. The van der Waals surface area contributed by atoms with E-state index in [4.69, 9.17) is 20.8 Å². The van der Waals surface area contributed by atoms with Crippen LogP contribution in [0.4, 0.5) is 11.9 Å². The van der Waals surface area contributed by atoms with Crippen molar-refractivity contribution in [3.05, 3.63) is 53.3 Å². The van der Waals surface area contributed by atoms with Crippen LogP contribution in [0.2, 0.25) is 0 Å². The molecule has 164 valence electrons. The van der Waals surface area contributed by atoms with Crippen LogP contribution in [0.25, 0.3) is 21.8 Å². The minimum absolute atomic E-state index is 0.279. The van der Waals surface area contributed by atoms with Crippen molar-refractivity contribution in [3.63, 3.8) is 0 Å². The van der Waals surface area contributed by atoms with E-state index < -0.39 is 0 Å². The lowest BCUT2D eigenvalue weighted by molar-refractivity contribution is 0.00578. The Balaban J connectivity index is 0.000000174. The van der Waals surface area contributed by atoms with Crippen molar-refractivity contribution in [2.45, 2.75) is 38.9 Å². The summed E-state index contributed by atoms with van der Waals surface area (Å²) in [5, 5.41) is 1.91. The molecule has 1 aliphatic heterocycles. The smallest absolute Gasteiger partial charge is 0.399 e. The predicted octanol–water partition coefficient (Wildman–Crippen LogP) is 3.49. The first-order chi connectivity index (χ1) is 15.0. The van der Waals surface area contributed by atoms with Crippen LogP contribution in [0.15, 0.2) is 53.3 Å². The third-order valence-electron chi connectivity index (χ3n) is 5.71. The molecule has 0 amide bonds. The van der Waals surface area contributed by atoms with Crippen molar-refractivity contribution >= 4 is 62.2 Å². The van der Waals surface area contributed by atoms with Crippen molar-refractivity contribution in [2.24, 2.45) is 0 Å². The number of nitrogen functional groups attached to an aromatic ring is 2. The molecule has 2 aromatic heterocycles. The van der Waals surface area contributed by atoms with E-state index in [1.54, 1.807) is 12.4 Å². The Hall–Kier alpha value is -2.82. The summed E-state index contributed by atoms with van der Waals surface area (Å²) in [6.07, 6.45) is 3.43. The first kappa shape index (κ1) is 22.4. The number of anilines is 2. The van der Waals surface area contributed by atoms with Gasteiger partial charge < -0.3 is 20.8 Å². The van der Waals surface area contributed by atoms with Crippen LogP contribution in [0.5, 0.6) is 0 Å². The summed E-state index contributed by atoms with van der Waals surface area (Å²) < 4.78 is 13.1. The molecule has 0 radical (unpaired) electrons. The fourth-order valence-corrected chi connectivity index (χ4v) is 3.59. The Morgan fingerprint density at radius 2 is 1.28 bits per heavy atom. The molecular weight excluding hydrogens is 471 g/mol. The Kier molecular flexibility index (Phi) is 5.78. The Morgan fingerprint density at radius 3 is 1.84 bits per heavy atom. The molecule has 5 rings (SSSR count). The lowest BCUT2D eigenvalue weighted by Gasteiger charge is -2.32. The van der Waals surface area contributed by atoms with E-state index in [-0.39, 0.29) is 24.3 Å². The van der Waals surface area contributed by atoms with Gasteiger partial charge in [0.25, 0.3) is 0 Å². The number of benzene rings is 2. The van der Waals surface area contributed by atoms with Gasteiger partial charge in [-0.25, -0.2) is 19.9 Å². The Labute approximate surface area is 195 Å². The van der Waals surface area contributed by atoms with E-state index in [9.17, 15) is 0 Å². The summed E-state index contributed by atoms with van der Waals surface area (Å²) >= 11 is 3.36. The maximum atomic E-state index is 6.04. The summed E-state index contributed by atoms with van der Waals surface area (Å²) in [5.41, 5.74) is 13.0. The molecule has 0 saturated carbocycles. The lowest BCUT2D eigenvalue weighted by atomic mass is 9.78. The van der Waals surface area contributed by atoms with Crippen molar-refractivity contribution < 1.29 is 9.31 Å². The Bertz CT molecular complexity index is 1240. The molecule has 0 atom stereocenters. The van der Waals surface area contributed by atoms with Gasteiger partial charge in [0.15, 0.2) is 0 Å². The van der Waals surface area contributed by atoms with Crippen molar-refractivity contribution in [1.29, 1.82) is 0 Å². The van der Waals surface area contributed by atoms with E-state index in [2.05, 4.69) is 35.9 Å². The van der Waals surface area contributed by atoms with Gasteiger partial charge in [-0.15, -0.1) is 0 Å². The van der Waals surface area contributed by atoms with Crippen LogP contribution < -0.4 is 16.9 Å². The van der Waals surface area contributed by atoms with Gasteiger partial charge in [0.05, 0.1) is 22.2 Å². The second kappa shape index (κ2) is 8.27. The lowest BCUT2D eigenvalue weighted by Crippen LogP contribution is -2.41. The highest BCUT2D eigenvalue weighted by atomic mass is 79.9. The maximum Gasteiger partial charge on any atom is 0.494 e. The molecule has 1 saturated heterocycles. The van der Waals surface area contributed by atoms with Crippen LogP contribution in [0.3, 0.4) is 0 Å². The zero-order valence-corrected chi connectivity index (χ0v) is 19.9. The van der Waals surface area contributed by atoms with Crippen molar-refractivity contribution in [3.8, 4) is 0 Å². The van der Waals surface area contributed by atoms with Crippen LogP contribution in [-0.4, -0.2) is 38.3 Å². The number of fused-ring (bicyclic) bond motifs is 2. The fourth-order valence-electron chi connectivity index (χ4n) is 3.21. The van der Waals surface area contributed by atoms with Crippen LogP contribution in [0.1, 0.15) is 27.7 Å². The Morgan fingerprint density at radius 1 is 0.781 bits per heavy atom. The summed E-state index contributed by atoms with van der Waals surface area (Å²) in [4.78, 5) is 16.2. The number of rotatable bonds is 1. The van der Waals surface area contributed by atoms with Crippen molar-refractivity contribution in [1.82, 2.24) is 19.9 Å². The second-order valence-corrected chi connectivity index (χ2v) is 9.48. The molecular formula is C22H24BBrN6O2. The third kappa shape index (κ3) is 4.52. The highest BCUT2D eigenvalue weighted by molar-refractivity contribution is 9.10. The molecule has 0 spiro atoms. The molecule has 10 heteroatoms. The van der Waals surface area contributed by atoms with E-state index in [0.717, 1.165) is 31.7 Å². The molecule has 2 aromatic carbocycles. The fraction of sp³-hybridized carbons (Fsp3) is 0.273. The monoisotopic (exact) mass is 494 g/mol. The van der Waals surface area contributed by atoms with Crippen LogP contribution >= 0.6 is 15.9 Å². The summed E-state index contributed by atoms with van der Waals surface area (Å²) in [5.74, 6) is 0.589. The van der Waals surface area contributed by atoms with Gasteiger partial charge in [0, 0.05) is 27.6 Å². The number of halogens is 1. The maximum absolute atomic E-state index is 6.04. The predicted molar refractivity (Wildman–Crippen MR) is 131 cm³/mol. The van der Waals surface area contributed by atoms with E-state index in [1.807, 2.05) is 64.1 Å². The molecule has 32 heavy (non-hydrogen) atoms. The topological polar surface area (TPSA) is 122 Å². The standard InChI is InChI=1S/C14H18BN3O2.C8H6BrN3/c1-13(2)14(3,4)20-15(19-13)10-5-6-11-9(7-10)8-17-12(16)18-11;9-6-1-2-7-5(3-6)4-11-8(10)12-7/h5-8H,1-4H3,(H2,16,17,18);1-4H,(H2,10,11,12). The second-order valence-electron chi connectivity index (χ2n) is 8.57. The van der Waals surface area contributed by atoms with Gasteiger partial charge in [-0.1, -0.05) is 28.1 Å². The molecule has 1 aliphatic rings. The third-order valence-corrected chi connectivity index (χ3v) is 6.20. The van der Waals surface area contributed by atoms with Crippen LogP contribution in [0, 0.1) is 0 Å². The first-order valence-corrected chi connectivity index (χ1v) is 10.9. The molecule has 1 fully saturated rings. The van der Waals surface area contributed by atoms with Crippen molar-refractivity contribution in [2.75, 3.05) is 11.5 Å². The van der Waals surface area contributed by atoms with Gasteiger partial charge in [-0.3, -0.25) is 0 Å². The highest BCUT2D eigenvalue weighted by Gasteiger charge is 2.51. The van der Waals surface area contributed by atoms with Gasteiger partial charge in [0.2, 0.25) is 11.9 Å². The number of nitrogens with zero attached hydrogens (tertiary/aromatic N) is 4. The minimum atomic E-state index is -0.373. The normalized spacial score (nSPS) is 16.7. The van der Waals surface area contributed by atoms with Gasteiger partial charge in [0.1, 0.15) is 0 Å². The van der Waals surface area contributed by atoms with E-state index in [1.165, 1.54) is 0 Å². The average Bonchev–Trinajstić information content (AvgIpc) is 2.95. The SMILES string of the molecule is CC1(C)OB(c2ccc3nc(N)ncc3c2)OC1(C)C.Nc1ncc2cc(Br)ccc2n1. The number of hydrogen-bond donors (Lipinski definition) is 2. The zero-order valence-electron chi connectivity index (χ0n) is 18.3. The zero-order chi connectivity index (χ0) is 23.1. The van der Waals surface area contributed by atoms with Crippen LogP contribution in [-0.2, 0) is 9.31 Å². The molecule has 3 heterocycles. The number of nitrogens with two attached hydrogens (primary N) is 2. The molecule has 8 nitrogen and oxygen atoms in total. The molecule has 0 aliphatic carbocycles. The largest absolute Gasteiger partial charge is 0.494 e. The van der Waals surface area contributed by atoms with E-state index in [0.29, 0.717) is 5.95 Å². The molecule has 4 N–H and O–H groups in total. The molecule has 0 bridgehead atoms. The quantitative estimate of drug-likeness (QED) is 0.385. The van der Waals surface area contributed by atoms with E-state index >= 15 is 0 Å².